The van der Waals surface area contributed by atoms with E-state index in [0.29, 0.717) is 18.8 Å². The Morgan fingerprint density at radius 1 is 1.35 bits per heavy atom. The molecule has 0 spiro atoms. The van der Waals surface area contributed by atoms with Crippen LogP contribution in [0, 0.1) is 6.92 Å². The van der Waals surface area contributed by atoms with E-state index < -0.39 is 0 Å². The fraction of sp³-hybridized carbons (Fsp3) is 0.400. The molecule has 1 saturated heterocycles. The molecular weight excluding hydrogens is 364 g/mol. The van der Waals surface area contributed by atoms with Gasteiger partial charge < -0.3 is 20.9 Å². The molecule has 0 radical (unpaired) electrons. The molecule has 1 aliphatic rings. The van der Waals surface area contributed by atoms with Gasteiger partial charge in [-0.1, -0.05) is 15.9 Å². The second kappa shape index (κ2) is 8.07. The average molecular weight is 384 g/mol. The highest BCUT2D eigenvalue weighted by atomic mass is 79.9. The van der Waals surface area contributed by atoms with E-state index in [1.807, 2.05) is 19.1 Å². The van der Waals surface area contributed by atoms with Gasteiger partial charge in [-0.05, 0) is 30.7 Å². The van der Waals surface area contributed by atoms with E-state index in [4.69, 9.17) is 0 Å². The molecule has 0 aliphatic carbocycles. The number of aryl methyl sites for hydroxylation is 1. The van der Waals surface area contributed by atoms with Gasteiger partial charge in [0, 0.05) is 10.2 Å². The lowest BCUT2D eigenvalue weighted by molar-refractivity contribution is -0.885. The maximum absolute atomic E-state index is 11.9. The number of amides is 3. The minimum absolute atomic E-state index is 0.0532. The minimum Gasteiger partial charge on any atom is -0.346 e. The first-order valence-electron chi connectivity index (χ1n) is 7.37. The summed E-state index contributed by atoms with van der Waals surface area (Å²) in [5.41, 5.74) is 1.65. The van der Waals surface area contributed by atoms with Crippen molar-refractivity contribution in [1.82, 2.24) is 10.6 Å². The molecule has 1 aromatic carbocycles. The number of hydrogen-bond donors (Lipinski definition) is 4. The Kier molecular flexibility index (Phi) is 6.12. The molecule has 23 heavy (non-hydrogen) atoms. The van der Waals surface area contributed by atoms with Crippen molar-refractivity contribution in [3.63, 3.8) is 0 Å². The monoisotopic (exact) mass is 383 g/mol. The number of piperazine rings is 1. The van der Waals surface area contributed by atoms with Gasteiger partial charge in [-0.2, -0.15) is 0 Å². The summed E-state index contributed by atoms with van der Waals surface area (Å²) in [6.45, 7) is 3.57. The third-order valence-electron chi connectivity index (χ3n) is 3.53. The van der Waals surface area contributed by atoms with Crippen LogP contribution in [0.1, 0.15) is 5.56 Å². The number of anilines is 1. The summed E-state index contributed by atoms with van der Waals surface area (Å²) in [7, 11) is 0. The Balaban J connectivity index is 1.75. The van der Waals surface area contributed by atoms with Crippen LogP contribution in [0.5, 0.6) is 0 Å². The molecule has 2 rings (SSSR count). The highest BCUT2D eigenvalue weighted by Crippen LogP contribution is 2.19. The highest BCUT2D eigenvalue weighted by molar-refractivity contribution is 9.10. The first-order valence-corrected chi connectivity index (χ1v) is 8.16. The van der Waals surface area contributed by atoms with E-state index in [-0.39, 0.29) is 37.4 Å². The summed E-state index contributed by atoms with van der Waals surface area (Å²) in [5.74, 6) is -0.574. The molecule has 4 N–H and O–H groups in total. The van der Waals surface area contributed by atoms with Crippen LogP contribution in [0.25, 0.3) is 0 Å². The number of quaternary nitrogens is 1. The van der Waals surface area contributed by atoms with E-state index in [1.165, 1.54) is 0 Å². The summed E-state index contributed by atoms with van der Waals surface area (Å²) >= 11 is 3.36. The zero-order valence-electron chi connectivity index (χ0n) is 12.9. The number of nitrogens with one attached hydrogen (secondary N) is 4. The molecule has 8 heteroatoms. The predicted octanol–water partition coefficient (Wildman–Crippen LogP) is -1.17. The van der Waals surface area contributed by atoms with E-state index >= 15 is 0 Å². The van der Waals surface area contributed by atoms with Gasteiger partial charge in [0.05, 0.1) is 19.6 Å². The molecule has 124 valence electrons. The number of benzene rings is 1. The lowest BCUT2D eigenvalue weighted by Crippen LogP contribution is -3.16. The molecular formula is C15H20BrN4O3+. The molecule has 1 atom stereocenters. The first kappa shape index (κ1) is 17.4. The predicted molar refractivity (Wildman–Crippen MR) is 89.1 cm³/mol. The van der Waals surface area contributed by atoms with Crippen molar-refractivity contribution in [2.24, 2.45) is 0 Å². The van der Waals surface area contributed by atoms with E-state index in [9.17, 15) is 14.4 Å². The van der Waals surface area contributed by atoms with Gasteiger partial charge in [0.15, 0.2) is 13.1 Å². The molecule has 0 aromatic heterocycles. The topological polar surface area (TPSA) is 91.7 Å². The summed E-state index contributed by atoms with van der Waals surface area (Å²) in [4.78, 5) is 35.9. The molecule has 1 unspecified atom stereocenters. The van der Waals surface area contributed by atoms with Gasteiger partial charge in [0.2, 0.25) is 5.91 Å². The first-order chi connectivity index (χ1) is 10.9. The molecule has 1 heterocycles. The Bertz CT molecular complexity index is 621. The summed E-state index contributed by atoms with van der Waals surface area (Å²) in [6.07, 6.45) is 0. The van der Waals surface area contributed by atoms with Crippen molar-refractivity contribution in [1.29, 1.82) is 0 Å². The van der Waals surface area contributed by atoms with E-state index in [0.717, 1.165) is 14.9 Å². The molecule has 1 fully saturated rings. The number of rotatable bonds is 5. The molecule has 0 saturated carbocycles. The normalized spacial score (nSPS) is 17.3. The number of carbonyl (C=O) groups excluding carboxylic acids is 3. The van der Waals surface area contributed by atoms with Crippen molar-refractivity contribution < 1.29 is 19.3 Å². The number of carbonyl (C=O) groups is 3. The summed E-state index contributed by atoms with van der Waals surface area (Å²) in [6, 6.07) is 5.54. The molecule has 0 bridgehead atoms. The van der Waals surface area contributed by atoms with Crippen LogP contribution in [0.3, 0.4) is 0 Å². The van der Waals surface area contributed by atoms with Gasteiger partial charge in [-0.15, -0.1) is 0 Å². The van der Waals surface area contributed by atoms with Crippen molar-refractivity contribution in [2.75, 3.05) is 38.0 Å². The van der Waals surface area contributed by atoms with Gasteiger partial charge in [0.1, 0.15) is 0 Å². The lowest BCUT2D eigenvalue weighted by Gasteiger charge is -2.22. The van der Waals surface area contributed by atoms with E-state index in [2.05, 4.69) is 31.9 Å². The molecule has 3 amide bonds. The van der Waals surface area contributed by atoms with Gasteiger partial charge in [-0.25, -0.2) is 0 Å². The average Bonchev–Trinajstić information content (AvgIpc) is 2.48. The Labute approximate surface area is 142 Å². The fourth-order valence-corrected chi connectivity index (χ4v) is 2.81. The maximum atomic E-state index is 11.9. The van der Waals surface area contributed by atoms with Crippen molar-refractivity contribution in [3.8, 4) is 0 Å². The smallest absolute Gasteiger partial charge is 0.275 e. The Morgan fingerprint density at radius 3 is 2.83 bits per heavy atom. The largest absolute Gasteiger partial charge is 0.346 e. The minimum atomic E-state index is -0.282. The fourth-order valence-electron chi connectivity index (χ4n) is 2.34. The quantitative estimate of drug-likeness (QED) is 0.516. The summed E-state index contributed by atoms with van der Waals surface area (Å²) in [5, 5.41) is 8.05. The van der Waals surface area contributed by atoms with Crippen LogP contribution in [0.15, 0.2) is 22.7 Å². The van der Waals surface area contributed by atoms with E-state index in [1.54, 1.807) is 6.07 Å². The van der Waals surface area contributed by atoms with Crippen LogP contribution in [0.4, 0.5) is 5.69 Å². The molecule has 7 nitrogen and oxygen atoms in total. The summed E-state index contributed by atoms with van der Waals surface area (Å²) < 4.78 is 0.940. The zero-order chi connectivity index (χ0) is 16.8. The van der Waals surface area contributed by atoms with Gasteiger partial charge in [0.25, 0.3) is 11.8 Å². The zero-order valence-corrected chi connectivity index (χ0v) is 14.5. The maximum Gasteiger partial charge on any atom is 0.275 e. The molecule has 1 aliphatic heterocycles. The third kappa shape index (κ3) is 5.65. The van der Waals surface area contributed by atoms with Crippen molar-refractivity contribution >= 4 is 39.3 Å². The van der Waals surface area contributed by atoms with Gasteiger partial charge in [-0.3, -0.25) is 14.4 Å². The second-order valence-corrected chi connectivity index (χ2v) is 6.40. The Hall–Kier alpha value is -1.93. The van der Waals surface area contributed by atoms with Crippen LogP contribution in [-0.2, 0) is 14.4 Å². The van der Waals surface area contributed by atoms with Crippen LogP contribution < -0.4 is 20.9 Å². The second-order valence-electron chi connectivity index (χ2n) is 5.49. The van der Waals surface area contributed by atoms with Crippen LogP contribution in [-0.4, -0.2) is 50.4 Å². The highest BCUT2D eigenvalue weighted by Gasteiger charge is 2.22. The number of hydrogen-bond acceptors (Lipinski definition) is 3. The molecule has 1 aromatic rings. The lowest BCUT2D eigenvalue weighted by atomic mass is 10.2. The number of halogens is 1. The van der Waals surface area contributed by atoms with Crippen LogP contribution >= 0.6 is 15.9 Å². The van der Waals surface area contributed by atoms with Gasteiger partial charge >= 0.3 is 0 Å². The SMILES string of the molecule is Cc1cc(Br)ccc1NC(=O)CNC(=O)C[NH+]1CCNC(=O)C1. The standard InChI is InChI=1S/C15H19BrN4O3/c1-10-6-11(16)2-3-12(10)19-13(21)7-18-15(23)9-20-5-4-17-14(22)8-20/h2-3,6H,4-5,7-9H2,1H3,(H,17,22)(H,18,23)(H,19,21)/p+1. The Morgan fingerprint density at radius 2 is 2.13 bits per heavy atom. The van der Waals surface area contributed by atoms with Crippen molar-refractivity contribution in [3.05, 3.63) is 28.2 Å². The van der Waals surface area contributed by atoms with Crippen molar-refractivity contribution in [2.45, 2.75) is 6.92 Å². The third-order valence-corrected chi connectivity index (χ3v) is 4.02. The van der Waals surface area contributed by atoms with Crippen LogP contribution in [0.2, 0.25) is 0 Å².